The highest BCUT2D eigenvalue weighted by Gasteiger charge is 2.16. The van der Waals surface area contributed by atoms with Gasteiger partial charge in [0, 0.05) is 36.8 Å². The molecule has 0 N–H and O–H groups in total. The second kappa shape index (κ2) is 4.79. The zero-order valence-electron chi connectivity index (χ0n) is 9.74. The zero-order valence-corrected chi connectivity index (χ0v) is 9.74. The van der Waals surface area contributed by atoms with E-state index in [2.05, 4.69) is 4.98 Å². The summed E-state index contributed by atoms with van der Waals surface area (Å²) >= 11 is 0. The predicted molar refractivity (Wildman–Crippen MR) is 66.3 cm³/mol. The van der Waals surface area contributed by atoms with Gasteiger partial charge in [0.1, 0.15) is 0 Å². The quantitative estimate of drug-likeness (QED) is 0.610. The van der Waals surface area contributed by atoms with Gasteiger partial charge in [-0.25, -0.2) is 0 Å². The molecule has 2 aromatic rings. The average Bonchev–Trinajstić information content (AvgIpc) is 2.39. The van der Waals surface area contributed by atoms with Crippen molar-refractivity contribution in [2.45, 2.75) is 13.5 Å². The van der Waals surface area contributed by atoms with E-state index >= 15 is 0 Å². The second-order valence-corrected chi connectivity index (χ2v) is 3.70. The molecule has 2 aromatic heterocycles. The van der Waals surface area contributed by atoms with Crippen molar-refractivity contribution in [1.29, 1.82) is 0 Å². The Bertz CT molecular complexity index is 635. The molecule has 6 heteroatoms. The molecule has 2 rings (SSSR count). The van der Waals surface area contributed by atoms with Crippen LogP contribution in [0.5, 0.6) is 0 Å². The standard InChI is InChI=1S/C12H11N3O3/c1-2-14-8-10(9-3-5-13-6-4-9)7-11(12(14)16)15(17)18/h3-8H,2H2,1H3. The van der Waals surface area contributed by atoms with Gasteiger partial charge in [0.2, 0.25) is 0 Å². The largest absolute Gasteiger partial charge is 0.334 e. The van der Waals surface area contributed by atoms with Crippen molar-refractivity contribution in [2.75, 3.05) is 0 Å². The van der Waals surface area contributed by atoms with E-state index in [9.17, 15) is 14.9 Å². The van der Waals surface area contributed by atoms with Gasteiger partial charge in [-0.3, -0.25) is 19.9 Å². The van der Waals surface area contributed by atoms with Gasteiger partial charge in [0.05, 0.1) is 4.92 Å². The fourth-order valence-corrected chi connectivity index (χ4v) is 1.69. The Hall–Kier alpha value is -2.50. The lowest BCUT2D eigenvalue weighted by atomic mass is 10.1. The number of hydrogen-bond acceptors (Lipinski definition) is 4. The number of rotatable bonds is 3. The van der Waals surface area contributed by atoms with Crippen molar-refractivity contribution in [3.8, 4) is 11.1 Å². The van der Waals surface area contributed by atoms with Crippen LogP contribution in [-0.2, 0) is 6.54 Å². The second-order valence-electron chi connectivity index (χ2n) is 3.70. The highest BCUT2D eigenvalue weighted by Crippen LogP contribution is 2.20. The fourth-order valence-electron chi connectivity index (χ4n) is 1.69. The molecule has 0 amide bonds. The minimum atomic E-state index is -0.654. The third-order valence-corrected chi connectivity index (χ3v) is 2.62. The van der Waals surface area contributed by atoms with Crippen molar-refractivity contribution in [3.63, 3.8) is 0 Å². The molecule has 0 saturated heterocycles. The monoisotopic (exact) mass is 245 g/mol. The van der Waals surface area contributed by atoms with Crippen molar-refractivity contribution in [2.24, 2.45) is 0 Å². The molecule has 92 valence electrons. The number of aryl methyl sites for hydroxylation is 1. The van der Waals surface area contributed by atoms with Crippen LogP contribution in [0.3, 0.4) is 0 Å². The molecule has 18 heavy (non-hydrogen) atoms. The van der Waals surface area contributed by atoms with E-state index in [0.29, 0.717) is 12.1 Å². The van der Waals surface area contributed by atoms with E-state index in [4.69, 9.17) is 0 Å². The zero-order chi connectivity index (χ0) is 13.1. The van der Waals surface area contributed by atoms with Gasteiger partial charge in [-0.05, 0) is 24.6 Å². The highest BCUT2D eigenvalue weighted by atomic mass is 16.6. The van der Waals surface area contributed by atoms with Gasteiger partial charge in [0.15, 0.2) is 0 Å². The van der Waals surface area contributed by atoms with E-state index in [-0.39, 0.29) is 0 Å². The van der Waals surface area contributed by atoms with Crippen LogP contribution < -0.4 is 5.56 Å². The Morgan fingerprint density at radius 1 is 1.33 bits per heavy atom. The number of aromatic nitrogens is 2. The molecule has 0 aliphatic rings. The molecule has 0 fully saturated rings. The topological polar surface area (TPSA) is 78.0 Å². The number of pyridine rings is 2. The molecular weight excluding hydrogens is 234 g/mol. The number of hydrogen-bond donors (Lipinski definition) is 0. The van der Waals surface area contributed by atoms with Gasteiger partial charge in [-0.2, -0.15) is 0 Å². The van der Waals surface area contributed by atoms with Gasteiger partial charge in [0.25, 0.3) is 0 Å². The molecule has 0 aliphatic heterocycles. The molecule has 0 spiro atoms. The van der Waals surface area contributed by atoms with E-state index in [1.54, 1.807) is 37.6 Å². The first-order chi connectivity index (χ1) is 8.63. The van der Waals surface area contributed by atoms with Crippen LogP contribution in [0.15, 0.2) is 41.6 Å². The minimum absolute atomic E-state index is 0.387. The molecule has 0 bridgehead atoms. The maximum absolute atomic E-state index is 11.7. The summed E-state index contributed by atoms with van der Waals surface area (Å²) in [5, 5.41) is 10.9. The maximum Gasteiger partial charge on any atom is 0.334 e. The van der Waals surface area contributed by atoms with Crippen LogP contribution in [0.2, 0.25) is 0 Å². The number of nitro groups is 1. The van der Waals surface area contributed by atoms with Gasteiger partial charge in [-0.15, -0.1) is 0 Å². The third kappa shape index (κ3) is 2.13. The SMILES string of the molecule is CCn1cc(-c2ccncc2)cc([N+](=O)[O-])c1=O. The lowest BCUT2D eigenvalue weighted by molar-refractivity contribution is -0.386. The molecule has 2 heterocycles. The molecule has 0 saturated carbocycles. The van der Waals surface area contributed by atoms with Crippen molar-refractivity contribution >= 4 is 5.69 Å². The molecule has 0 atom stereocenters. The maximum atomic E-state index is 11.7. The Morgan fingerprint density at radius 3 is 2.56 bits per heavy atom. The minimum Gasteiger partial charge on any atom is -0.309 e. The van der Waals surface area contributed by atoms with Crippen LogP contribution in [0.25, 0.3) is 11.1 Å². The smallest absolute Gasteiger partial charge is 0.309 e. The normalized spacial score (nSPS) is 10.3. The Morgan fingerprint density at radius 2 is 2.00 bits per heavy atom. The van der Waals surface area contributed by atoms with Crippen LogP contribution >= 0.6 is 0 Å². The van der Waals surface area contributed by atoms with Gasteiger partial charge >= 0.3 is 11.2 Å². The first-order valence-electron chi connectivity index (χ1n) is 5.42. The first kappa shape index (κ1) is 12.0. The van der Waals surface area contributed by atoms with E-state index in [1.165, 1.54) is 10.6 Å². The van der Waals surface area contributed by atoms with E-state index < -0.39 is 16.2 Å². The first-order valence-corrected chi connectivity index (χ1v) is 5.42. The molecule has 0 radical (unpaired) electrons. The molecule has 6 nitrogen and oxygen atoms in total. The average molecular weight is 245 g/mol. The van der Waals surface area contributed by atoms with Crippen LogP contribution in [0.4, 0.5) is 5.69 Å². The summed E-state index contributed by atoms with van der Waals surface area (Å²) in [7, 11) is 0. The van der Waals surface area contributed by atoms with Crippen LogP contribution in [0.1, 0.15) is 6.92 Å². The summed E-state index contributed by atoms with van der Waals surface area (Å²) in [4.78, 5) is 25.8. The Balaban J connectivity index is 2.67. The summed E-state index contributed by atoms with van der Waals surface area (Å²) in [6.45, 7) is 2.15. The van der Waals surface area contributed by atoms with Crippen molar-refractivity contribution < 1.29 is 4.92 Å². The van der Waals surface area contributed by atoms with Crippen LogP contribution in [-0.4, -0.2) is 14.5 Å². The fraction of sp³-hybridized carbons (Fsp3) is 0.167. The molecular formula is C12H11N3O3. The molecule has 0 aliphatic carbocycles. The summed E-state index contributed by atoms with van der Waals surface area (Å²) in [5.41, 5.74) is 0.423. The van der Waals surface area contributed by atoms with E-state index in [1.807, 2.05) is 0 Å². The Labute approximate surface area is 103 Å². The lowest BCUT2D eigenvalue weighted by Gasteiger charge is -2.06. The predicted octanol–water partition coefficient (Wildman–Crippen LogP) is 1.84. The van der Waals surface area contributed by atoms with E-state index in [0.717, 1.165) is 5.56 Å². The molecule has 0 aromatic carbocycles. The van der Waals surface area contributed by atoms with Crippen LogP contribution in [0, 0.1) is 10.1 Å². The lowest BCUT2D eigenvalue weighted by Crippen LogP contribution is -2.21. The highest BCUT2D eigenvalue weighted by molar-refractivity contribution is 5.64. The van der Waals surface area contributed by atoms with Gasteiger partial charge in [-0.1, -0.05) is 0 Å². The Kier molecular flexibility index (Phi) is 3.18. The summed E-state index contributed by atoms with van der Waals surface area (Å²) in [6, 6.07) is 4.77. The number of nitrogens with zero attached hydrogens (tertiary/aromatic N) is 3. The van der Waals surface area contributed by atoms with Gasteiger partial charge < -0.3 is 4.57 Å². The molecule has 0 unspecified atom stereocenters. The summed E-state index contributed by atoms with van der Waals surface area (Å²) in [6.07, 6.45) is 4.82. The summed E-state index contributed by atoms with van der Waals surface area (Å²) in [5.74, 6) is 0. The summed E-state index contributed by atoms with van der Waals surface area (Å²) < 4.78 is 1.33. The van der Waals surface area contributed by atoms with Crippen molar-refractivity contribution in [3.05, 3.63) is 57.3 Å². The third-order valence-electron chi connectivity index (χ3n) is 2.62. The van der Waals surface area contributed by atoms with Crippen molar-refractivity contribution in [1.82, 2.24) is 9.55 Å².